The van der Waals surface area contributed by atoms with Crippen LogP contribution in [0.3, 0.4) is 0 Å². The molecule has 9 nitrogen and oxygen atoms in total. The van der Waals surface area contributed by atoms with Gasteiger partial charge >= 0.3 is 0 Å². The minimum absolute atomic E-state index is 0.0473. The van der Waals surface area contributed by atoms with Crippen molar-refractivity contribution in [1.29, 1.82) is 0 Å². The lowest BCUT2D eigenvalue weighted by Gasteiger charge is -2.38. The normalized spacial score (nSPS) is 18.4. The predicted octanol–water partition coefficient (Wildman–Crippen LogP) is 4.54. The first kappa shape index (κ1) is 29.6. The van der Waals surface area contributed by atoms with Gasteiger partial charge < -0.3 is 4.74 Å². The van der Waals surface area contributed by atoms with E-state index < -0.39 is 42.2 Å². The number of hydrogen-bond acceptors (Lipinski definition) is 7. The molecule has 1 atom stereocenters. The highest BCUT2D eigenvalue weighted by Crippen LogP contribution is 2.34. The Morgan fingerprint density at radius 3 is 1.74 bits per heavy atom. The number of sulfonamides is 3. The third-order valence-corrected chi connectivity index (χ3v) is 12.3. The van der Waals surface area contributed by atoms with Crippen LogP contribution in [0.1, 0.15) is 23.6 Å². The molecule has 5 rings (SSSR count). The second-order valence-electron chi connectivity index (χ2n) is 10.1. The quantitative estimate of drug-likeness (QED) is 0.282. The molecule has 218 valence electrons. The molecule has 4 aromatic carbocycles. The largest absolute Gasteiger partial charge is 0.469 e. The van der Waals surface area contributed by atoms with Crippen LogP contribution in [0.2, 0.25) is 0 Å². The van der Waals surface area contributed by atoms with Gasteiger partial charge in [-0.2, -0.15) is 8.42 Å². The zero-order valence-corrected chi connectivity index (χ0v) is 25.2. The van der Waals surface area contributed by atoms with Crippen LogP contribution < -0.4 is 0 Å². The molecule has 0 N–H and O–H groups in total. The van der Waals surface area contributed by atoms with E-state index >= 15 is 0 Å². The Labute approximate surface area is 246 Å². The third kappa shape index (κ3) is 5.88. The maximum Gasteiger partial charge on any atom is 0.285 e. The molecule has 42 heavy (non-hydrogen) atoms. The number of fused-ring (bicyclic) bond motifs is 1. The van der Waals surface area contributed by atoms with Crippen molar-refractivity contribution >= 4 is 36.0 Å². The van der Waals surface area contributed by atoms with Crippen LogP contribution in [0.4, 0.5) is 0 Å². The number of hydrogen-bond donors (Lipinski definition) is 0. The molecule has 0 saturated heterocycles. The van der Waals surface area contributed by atoms with Gasteiger partial charge in [-0.15, -0.1) is 4.40 Å². The Bertz CT molecular complexity index is 1890. The topological polar surface area (TPSA) is 127 Å². The van der Waals surface area contributed by atoms with Crippen LogP contribution in [0.15, 0.2) is 128 Å². The molecule has 4 aromatic rings. The van der Waals surface area contributed by atoms with Crippen LogP contribution in [0.5, 0.6) is 0 Å². The lowest BCUT2D eigenvalue weighted by molar-refractivity contribution is 0.0620. The second kappa shape index (κ2) is 11.1. The second-order valence-corrected chi connectivity index (χ2v) is 15.7. The third-order valence-electron chi connectivity index (χ3n) is 6.76. The van der Waals surface area contributed by atoms with E-state index in [1.54, 1.807) is 48.5 Å². The van der Waals surface area contributed by atoms with Gasteiger partial charge in [0, 0.05) is 12.0 Å². The van der Waals surface area contributed by atoms with Gasteiger partial charge in [0.15, 0.2) is 0 Å². The summed E-state index contributed by atoms with van der Waals surface area (Å²) < 4.78 is 92.8. The summed E-state index contributed by atoms with van der Waals surface area (Å²) in [7, 11) is -13.5. The molecule has 0 fully saturated rings. The van der Waals surface area contributed by atoms with Gasteiger partial charge in [0.05, 0.1) is 21.2 Å². The number of benzene rings is 4. The van der Waals surface area contributed by atoms with Crippen LogP contribution in [-0.4, -0.2) is 47.0 Å². The van der Waals surface area contributed by atoms with Crippen molar-refractivity contribution in [3.63, 3.8) is 0 Å². The lowest BCUT2D eigenvalue weighted by Crippen LogP contribution is -2.51. The maximum atomic E-state index is 13.9. The van der Waals surface area contributed by atoms with E-state index in [2.05, 4.69) is 4.40 Å². The zero-order valence-electron chi connectivity index (χ0n) is 22.8. The predicted molar refractivity (Wildman–Crippen MR) is 158 cm³/mol. The fourth-order valence-corrected chi connectivity index (χ4v) is 9.48. The molecule has 0 bridgehead atoms. The minimum Gasteiger partial charge on any atom is -0.469 e. The van der Waals surface area contributed by atoms with Crippen LogP contribution in [0.25, 0.3) is 0 Å². The van der Waals surface area contributed by atoms with Gasteiger partial charge in [0.25, 0.3) is 30.1 Å². The average Bonchev–Trinajstić information content (AvgIpc) is 2.97. The Morgan fingerprint density at radius 1 is 0.690 bits per heavy atom. The maximum absolute atomic E-state index is 13.9. The summed E-state index contributed by atoms with van der Waals surface area (Å²) >= 11 is 0. The molecule has 1 unspecified atom stereocenters. The number of nitrogens with zero attached hydrogens (tertiary/aromatic N) is 2. The molecule has 0 amide bonds. The molecular formula is C30H28N2O7S3. The zero-order chi connectivity index (χ0) is 30.2. The van der Waals surface area contributed by atoms with Gasteiger partial charge in [-0.25, -0.2) is 16.8 Å². The molecule has 1 aliphatic heterocycles. The van der Waals surface area contributed by atoms with Gasteiger partial charge in [0.1, 0.15) is 5.60 Å². The number of aryl methyl sites for hydroxylation is 1. The molecule has 0 radical (unpaired) electrons. The summed E-state index contributed by atoms with van der Waals surface area (Å²) in [6.07, 6.45) is 0.0812. The minimum atomic E-state index is -4.61. The van der Waals surface area contributed by atoms with E-state index in [1.165, 1.54) is 67.6 Å². The molecule has 1 aliphatic rings. The van der Waals surface area contributed by atoms with Gasteiger partial charge in [-0.05, 0) is 61.9 Å². The van der Waals surface area contributed by atoms with Gasteiger partial charge in [0.2, 0.25) is 5.90 Å². The molecule has 12 heteroatoms. The molecule has 1 heterocycles. The molecule has 0 saturated carbocycles. The van der Waals surface area contributed by atoms with E-state index in [0.717, 1.165) is 5.56 Å². The monoisotopic (exact) mass is 624 g/mol. The van der Waals surface area contributed by atoms with Crippen LogP contribution in [-0.2, 0) is 41.2 Å². The first-order valence-corrected chi connectivity index (χ1v) is 17.2. The van der Waals surface area contributed by atoms with Crippen molar-refractivity contribution in [2.75, 3.05) is 6.54 Å². The summed E-state index contributed by atoms with van der Waals surface area (Å²) in [6.45, 7) is 2.71. The average molecular weight is 625 g/mol. The van der Waals surface area contributed by atoms with Gasteiger partial charge in [-0.1, -0.05) is 76.0 Å². The number of rotatable bonds is 8. The van der Waals surface area contributed by atoms with Crippen molar-refractivity contribution < 1.29 is 30.0 Å². The van der Waals surface area contributed by atoms with Crippen LogP contribution in [0, 0.1) is 6.92 Å². The van der Waals surface area contributed by atoms with Crippen molar-refractivity contribution in [3.8, 4) is 0 Å². The molecule has 0 aliphatic carbocycles. The highest BCUT2D eigenvalue weighted by Gasteiger charge is 2.45. The van der Waals surface area contributed by atoms with E-state index in [9.17, 15) is 25.3 Å². The Balaban J connectivity index is 1.62. The van der Waals surface area contributed by atoms with Crippen molar-refractivity contribution in [3.05, 3.63) is 126 Å². The SMILES string of the molecule is Cc1ccc(S(=O)(=O)/N=C2\OC(C)(CN(S(=O)(=O)c3ccccc3)S(=O)(=O)c3ccccc3)Cc3ccccc32)cc1. The van der Waals surface area contributed by atoms with Crippen molar-refractivity contribution in [2.24, 2.45) is 4.40 Å². The Hall–Kier alpha value is -3.84. The fourth-order valence-electron chi connectivity index (χ4n) is 4.63. The lowest BCUT2D eigenvalue weighted by atomic mass is 9.90. The first-order chi connectivity index (χ1) is 19.8. The summed E-state index contributed by atoms with van der Waals surface area (Å²) in [5.41, 5.74) is 0.375. The van der Waals surface area contributed by atoms with Gasteiger partial charge in [-0.3, -0.25) is 0 Å². The molecular weight excluding hydrogens is 597 g/mol. The first-order valence-electron chi connectivity index (χ1n) is 12.9. The number of ether oxygens (including phenoxy) is 1. The Morgan fingerprint density at radius 2 is 1.19 bits per heavy atom. The van der Waals surface area contributed by atoms with E-state index in [0.29, 0.717) is 14.8 Å². The van der Waals surface area contributed by atoms with Crippen LogP contribution >= 0.6 is 0 Å². The van der Waals surface area contributed by atoms with E-state index in [1.807, 2.05) is 6.92 Å². The summed E-state index contributed by atoms with van der Waals surface area (Å²) in [4.78, 5) is -0.491. The summed E-state index contributed by atoms with van der Waals surface area (Å²) in [6, 6.07) is 27.5. The van der Waals surface area contributed by atoms with Crippen molar-refractivity contribution in [2.45, 2.75) is 40.6 Å². The van der Waals surface area contributed by atoms with E-state index in [4.69, 9.17) is 4.74 Å². The summed E-state index contributed by atoms with van der Waals surface area (Å²) in [5.74, 6) is -0.255. The standard InChI is InChI=1S/C30H28N2O7S3/c1-23-17-19-25(20-18-23)40(33,34)31-29-28-16-10-9-11-24(28)21-30(2,39-29)22-32(41(35,36)26-12-5-3-6-13-26)42(37,38)27-14-7-4-8-15-27/h3-20H,21-22H2,1-2H3/b31-29-. The smallest absolute Gasteiger partial charge is 0.285 e. The highest BCUT2D eigenvalue weighted by atomic mass is 32.3. The Kier molecular flexibility index (Phi) is 7.84. The highest BCUT2D eigenvalue weighted by molar-refractivity contribution is 8.04. The van der Waals surface area contributed by atoms with Crippen molar-refractivity contribution in [1.82, 2.24) is 3.71 Å². The van der Waals surface area contributed by atoms with E-state index in [-0.39, 0.29) is 27.0 Å². The molecule has 0 aromatic heterocycles. The molecule has 0 spiro atoms. The summed E-state index contributed by atoms with van der Waals surface area (Å²) in [5, 5.41) is 0. The fraction of sp³-hybridized carbons (Fsp3) is 0.167.